The average Bonchev–Trinajstić information content (AvgIpc) is 2.69. The van der Waals surface area contributed by atoms with E-state index in [1.807, 2.05) is 24.1 Å². The number of ether oxygens (including phenoxy) is 2. The molecule has 2 aromatic rings. The van der Waals surface area contributed by atoms with E-state index >= 15 is 0 Å². The molecule has 0 fully saturated rings. The van der Waals surface area contributed by atoms with Gasteiger partial charge in [0, 0.05) is 20.6 Å². The molecule has 0 radical (unpaired) electrons. The number of nitrogens with zero attached hydrogens (tertiary/aromatic N) is 3. The molecule has 2 aromatic carbocycles. The third kappa shape index (κ3) is 6.01. The molecule has 150 valence electrons. The molecular formula is C22H29N3O3. The Kier molecular flexibility index (Phi) is 7.87. The Morgan fingerprint density at radius 3 is 2.36 bits per heavy atom. The number of likely N-dealkylation sites (N-methyl/N-ethyl adjacent to an activating group) is 1. The Balaban J connectivity index is 2.16. The molecule has 0 atom stereocenters. The van der Waals surface area contributed by atoms with Crippen LogP contribution in [0.15, 0.2) is 47.6 Å². The molecule has 28 heavy (non-hydrogen) atoms. The number of carbonyl (C=O) groups excluding carboxylic acids is 1. The van der Waals surface area contributed by atoms with Crippen molar-refractivity contribution in [3.63, 3.8) is 0 Å². The van der Waals surface area contributed by atoms with Crippen molar-refractivity contribution >= 4 is 17.8 Å². The van der Waals surface area contributed by atoms with Crippen LogP contribution < -0.4 is 14.5 Å². The molecule has 0 spiro atoms. The van der Waals surface area contributed by atoms with Crippen LogP contribution in [-0.4, -0.2) is 50.9 Å². The number of rotatable bonds is 9. The van der Waals surface area contributed by atoms with Gasteiger partial charge in [-0.25, -0.2) is 0 Å². The lowest BCUT2D eigenvalue weighted by molar-refractivity contribution is -0.130. The first-order valence-electron chi connectivity index (χ1n) is 9.42. The molecule has 0 saturated carbocycles. The fraction of sp³-hybridized carbons (Fsp3) is 0.364. The summed E-state index contributed by atoms with van der Waals surface area (Å²) in [5.74, 6) is 1.03. The predicted octanol–water partition coefficient (Wildman–Crippen LogP) is 3.72. The summed E-state index contributed by atoms with van der Waals surface area (Å²) in [5, 5.41) is 6.52. The molecule has 2 rings (SSSR count). The van der Waals surface area contributed by atoms with E-state index in [0.29, 0.717) is 18.1 Å². The van der Waals surface area contributed by atoms with Crippen LogP contribution >= 0.6 is 0 Å². The first kappa shape index (κ1) is 21.3. The summed E-state index contributed by atoms with van der Waals surface area (Å²) < 4.78 is 11.3. The van der Waals surface area contributed by atoms with Crippen LogP contribution in [0.3, 0.4) is 0 Å². The van der Waals surface area contributed by atoms with Crippen molar-refractivity contribution in [2.75, 3.05) is 38.9 Å². The van der Waals surface area contributed by atoms with Gasteiger partial charge in [-0.1, -0.05) is 17.7 Å². The Bertz CT molecular complexity index is 801. The van der Waals surface area contributed by atoms with Gasteiger partial charge >= 0.3 is 0 Å². The highest BCUT2D eigenvalue weighted by molar-refractivity contribution is 5.82. The largest absolute Gasteiger partial charge is 0.490 e. The van der Waals surface area contributed by atoms with Gasteiger partial charge < -0.3 is 14.4 Å². The van der Waals surface area contributed by atoms with Crippen molar-refractivity contribution in [2.24, 2.45) is 5.10 Å². The molecule has 0 heterocycles. The number of aryl methyl sites for hydroxylation is 1. The van der Waals surface area contributed by atoms with Gasteiger partial charge in [-0.2, -0.15) is 5.10 Å². The number of benzene rings is 2. The molecule has 0 aliphatic heterocycles. The standard InChI is InChI=1S/C22H29N3O3/c1-6-25(19-11-8-17(3)9-12-19)23-15-18-10-13-20(21(14-18)27-7-2)28-16-22(26)24(4)5/h8-15H,6-7,16H2,1-5H3/b23-15-. The van der Waals surface area contributed by atoms with Crippen molar-refractivity contribution in [2.45, 2.75) is 20.8 Å². The monoisotopic (exact) mass is 383 g/mol. The van der Waals surface area contributed by atoms with Crippen LogP contribution in [0.25, 0.3) is 0 Å². The highest BCUT2D eigenvalue weighted by Crippen LogP contribution is 2.28. The van der Waals surface area contributed by atoms with Crippen LogP contribution in [0, 0.1) is 6.92 Å². The van der Waals surface area contributed by atoms with Gasteiger partial charge in [0.05, 0.1) is 18.5 Å². The molecular weight excluding hydrogens is 354 g/mol. The predicted molar refractivity (Wildman–Crippen MR) is 114 cm³/mol. The first-order chi connectivity index (χ1) is 13.4. The lowest BCUT2D eigenvalue weighted by Gasteiger charge is -2.17. The molecule has 0 aromatic heterocycles. The molecule has 0 bridgehead atoms. The van der Waals surface area contributed by atoms with Crippen molar-refractivity contribution < 1.29 is 14.3 Å². The van der Waals surface area contributed by atoms with Crippen LogP contribution in [0.5, 0.6) is 11.5 Å². The number of hydrazone groups is 1. The van der Waals surface area contributed by atoms with Gasteiger partial charge in [-0.3, -0.25) is 9.80 Å². The molecule has 0 unspecified atom stereocenters. The second-order valence-electron chi connectivity index (χ2n) is 6.51. The number of hydrogen-bond acceptors (Lipinski definition) is 5. The van der Waals surface area contributed by atoms with E-state index in [-0.39, 0.29) is 12.5 Å². The number of hydrogen-bond donors (Lipinski definition) is 0. The zero-order valence-corrected chi connectivity index (χ0v) is 17.3. The SMILES string of the molecule is CCOc1cc(/C=N\N(CC)c2ccc(C)cc2)ccc1OCC(=O)N(C)C. The zero-order valence-electron chi connectivity index (χ0n) is 17.3. The first-order valence-corrected chi connectivity index (χ1v) is 9.42. The van der Waals surface area contributed by atoms with Crippen molar-refractivity contribution in [3.8, 4) is 11.5 Å². The summed E-state index contributed by atoms with van der Waals surface area (Å²) >= 11 is 0. The number of carbonyl (C=O) groups is 1. The molecule has 1 amide bonds. The van der Waals surface area contributed by atoms with Gasteiger partial charge in [0.25, 0.3) is 5.91 Å². The fourth-order valence-corrected chi connectivity index (χ4v) is 2.45. The van der Waals surface area contributed by atoms with Crippen LogP contribution in [0.4, 0.5) is 5.69 Å². The summed E-state index contributed by atoms with van der Waals surface area (Å²) in [7, 11) is 3.39. The Hall–Kier alpha value is -3.02. The van der Waals surface area contributed by atoms with Gasteiger partial charge in [-0.05, 0) is 56.7 Å². The van der Waals surface area contributed by atoms with E-state index < -0.39 is 0 Å². The quantitative estimate of drug-likeness (QED) is 0.489. The molecule has 0 aliphatic carbocycles. The highest BCUT2D eigenvalue weighted by atomic mass is 16.5. The summed E-state index contributed by atoms with van der Waals surface area (Å²) in [6, 6.07) is 13.8. The van der Waals surface area contributed by atoms with Crippen LogP contribution in [0.1, 0.15) is 25.0 Å². The molecule has 0 N–H and O–H groups in total. The minimum Gasteiger partial charge on any atom is -0.490 e. The molecule has 6 heteroatoms. The fourth-order valence-electron chi connectivity index (χ4n) is 2.45. The lowest BCUT2D eigenvalue weighted by atomic mass is 10.2. The van der Waals surface area contributed by atoms with E-state index in [4.69, 9.17) is 9.47 Å². The van der Waals surface area contributed by atoms with Crippen LogP contribution in [-0.2, 0) is 4.79 Å². The minimum absolute atomic E-state index is 0.0302. The van der Waals surface area contributed by atoms with Gasteiger partial charge in [0.15, 0.2) is 18.1 Å². The second kappa shape index (κ2) is 10.3. The van der Waals surface area contributed by atoms with Gasteiger partial charge in [0.2, 0.25) is 0 Å². The third-order valence-corrected chi connectivity index (χ3v) is 4.10. The maximum atomic E-state index is 11.8. The zero-order chi connectivity index (χ0) is 20.5. The summed E-state index contributed by atoms with van der Waals surface area (Å²) in [5.41, 5.74) is 3.14. The second-order valence-corrected chi connectivity index (χ2v) is 6.51. The minimum atomic E-state index is -0.107. The van der Waals surface area contributed by atoms with E-state index in [9.17, 15) is 4.79 Å². The average molecular weight is 383 g/mol. The normalized spacial score (nSPS) is 10.8. The Labute approximate surface area is 167 Å². The summed E-state index contributed by atoms with van der Waals surface area (Å²) in [6.07, 6.45) is 1.79. The topological polar surface area (TPSA) is 54.4 Å². The van der Waals surface area contributed by atoms with Gasteiger partial charge in [0.1, 0.15) is 0 Å². The number of anilines is 1. The van der Waals surface area contributed by atoms with E-state index in [1.54, 1.807) is 26.4 Å². The van der Waals surface area contributed by atoms with Crippen molar-refractivity contribution in [1.29, 1.82) is 0 Å². The lowest BCUT2D eigenvalue weighted by Crippen LogP contribution is -2.27. The van der Waals surface area contributed by atoms with Gasteiger partial charge in [-0.15, -0.1) is 0 Å². The molecule has 6 nitrogen and oxygen atoms in total. The van der Waals surface area contributed by atoms with Crippen LogP contribution in [0.2, 0.25) is 0 Å². The molecule has 0 saturated heterocycles. The van der Waals surface area contributed by atoms with Crippen molar-refractivity contribution in [3.05, 3.63) is 53.6 Å². The Morgan fingerprint density at radius 2 is 1.75 bits per heavy atom. The highest BCUT2D eigenvalue weighted by Gasteiger charge is 2.10. The number of amides is 1. The van der Waals surface area contributed by atoms with E-state index in [1.165, 1.54) is 10.5 Å². The third-order valence-electron chi connectivity index (χ3n) is 4.10. The van der Waals surface area contributed by atoms with E-state index in [0.717, 1.165) is 17.8 Å². The maximum Gasteiger partial charge on any atom is 0.259 e. The molecule has 0 aliphatic rings. The van der Waals surface area contributed by atoms with Crippen molar-refractivity contribution in [1.82, 2.24) is 4.90 Å². The smallest absolute Gasteiger partial charge is 0.259 e. The maximum absolute atomic E-state index is 11.8. The van der Waals surface area contributed by atoms with E-state index in [2.05, 4.69) is 43.2 Å². The Morgan fingerprint density at radius 1 is 1.04 bits per heavy atom. The summed E-state index contributed by atoms with van der Waals surface area (Å²) in [4.78, 5) is 13.2. The summed E-state index contributed by atoms with van der Waals surface area (Å²) in [6.45, 7) is 7.26.